The smallest absolute Gasteiger partial charge is 0.411 e. The first-order valence-corrected chi connectivity index (χ1v) is 6.38. The van der Waals surface area contributed by atoms with Gasteiger partial charge in [0, 0.05) is 5.69 Å². The molecule has 4 heteroatoms. The number of rotatable bonds is 3. The van der Waals surface area contributed by atoms with Gasteiger partial charge in [0.05, 0.1) is 13.2 Å². The molecule has 0 aliphatic carbocycles. The Morgan fingerprint density at radius 1 is 1.15 bits per heavy atom. The van der Waals surface area contributed by atoms with Crippen molar-refractivity contribution in [1.29, 1.82) is 0 Å². The quantitative estimate of drug-likeness (QED) is 0.900. The molecule has 2 rings (SSSR count). The highest BCUT2D eigenvalue weighted by molar-refractivity contribution is 5.85. The number of carbonyl (C=O) groups excluding carboxylic acids is 1. The normalized spacial score (nSPS) is 11.8. The van der Waals surface area contributed by atoms with Gasteiger partial charge >= 0.3 is 6.09 Å². The topological polar surface area (TPSA) is 64.3 Å². The lowest BCUT2D eigenvalue weighted by molar-refractivity contribution is 0.187. The van der Waals surface area contributed by atoms with Crippen LogP contribution in [0, 0.1) is 6.92 Å². The Labute approximate surface area is 118 Å². The molecule has 0 heterocycles. The fraction of sp³-hybridized carbons (Fsp3) is 0.188. The number of anilines is 1. The summed E-state index contributed by atoms with van der Waals surface area (Å²) >= 11 is 0. The molecule has 0 saturated carbocycles. The van der Waals surface area contributed by atoms with Crippen LogP contribution in [0.1, 0.15) is 22.7 Å². The molecular weight excluding hydrogens is 252 g/mol. The van der Waals surface area contributed by atoms with Crippen molar-refractivity contribution in [3.8, 4) is 0 Å². The lowest BCUT2D eigenvalue weighted by Crippen LogP contribution is -2.17. The molecule has 104 valence electrons. The number of carbonyl (C=O) groups is 1. The van der Waals surface area contributed by atoms with E-state index in [1.54, 1.807) is 6.07 Å². The summed E-state index contributed by atoms with van der Waals surface area (Å²) in [6.45, 7) is 2.03. The SMILES string of the molecule is COC(=O)Nc1ccccc1C(N)c1ccc(C)cc1. The molecule has 3 N–H and O–H groups in total. The fourth-order valence-electron chi connectivity index (χ4n) is 2.00. The molecule has 2 aromatic rings. The first-order chi connectivity index (χ1) is 9.61. The lowest BCUT2D eigenvalue weighted by Gasteiger charge is -2.17. The number of amides is 1. The molecule has 1 atom stereocenters. The van der Waals surface area contributed by atoms with Gasteiger partial charge in [-0.05, 0) is 24.1 Å². The Kier molecular flexibility index (Phi) is 4.38. The van der Waals surface area contributed by atoms with Crippen LogP contribution in [0.15, 0.2) is 48.5 Å². The number of nitrogens with one attached hydrogen (secondary N) is 1. The largest absolute Gasteiger partial charge is 0.453 e. The van der Waals surface area contributed by atoms with Crippen molar-refractivity contribution in [2.45, 2.75) is 13.0 Å². The van der Waals surface area contributed by atoms with E-state index in [-0.39, 0.29) is 6.04 Å². The van der Waals surface area contributed by atoms with Gasteiger partial charge in [0.1, 0.15) is 0 Å². The van der Waals surface area contributed by atoms with Crippen LogP contribution in [-0.4, -0.2) is 13.2 Å². The average Bonchev–Trinajstić information content (AvgIpc) is 2.48. The van der Waals surface area contributed by atoms with Gasteiger partial charge in [-0.2, -0.15) is 0 Å². The Balaban J connectivity index is 2.31. The van der Waals surface area contributed by atoms with E-state index in [0.717, 1.165) is 11.1 Å². The Hall–Kier alpha value is -2.33. The van der Waals surface area contributed by atoms with Crippen LogP contribution in [0.2, 0.25) is 0 Å². The molecule has 0 aromatic heterocycles. The zero-order valence-corrected chi connectivity index (χ0v) is 11.6. The highest BCUT2D eigenvalue weighted by Crippen LogP contribution is 2.26. The number of ether oxygens (including phenoxy) is 1. The summed E-state index contributed by atoms with van der Waals surface area (Å²) in [6.07, 6.45) is -0.506. The summed E-state index contributed by atoms with van der Waals surface area (Å²) < 4.78 is 4.62. The van der Waals surface area contributed by atoms with Crippen molar-refractivity contribution in [2.24, 2.45) is 5.73 Å². The first kappa shape index (κ1) is 14.1. The minimum absolute atomic E-state index is 0.302. The van der Waals surface area contributed by atoms with Crippen LogP contribution >= 0.6 is 0 Å². The van der Waals surface area contributed by atoms with Gasteiger partial charge < -0.3 is 10.5 Å². The summed E-state index contributed by atoms with van der Waals surface area (Å²) in [4.78, 5) is 11.4. The van der Waals surface area contributed by atoms with Crippen molar-refractivity contribution in [3.63, 3.8) is 0 Å². The summed E-state index contributed by atoms with van der Waals surface area (Å²) in [5, 5.41) is 2.68. The summed E-state index contributed by atoms with van der Waals surface area (Å²) in [6, 6.07) is 15.2. The van der Waals surface area contributed by atoms with E-state index in [1.807, 2.05) is 49.4 Å². The molecule has 20 heavy (non-hydrogen) atoms. The third-order valence-corrected chi connectivity index (χ3v) is 3.15. The molecule has 2 aromatic carbocycles. The average molecular weight is 270 g/mol. The second kappa shape index (κ2) is 6.21. The van der Waals surface area contributed by atoms with Crippen LogP contribution < -0.4 is 11.1 Å². The number of methoxy groups -OCH3 is 1. The highest BCUT2D eigenvalue weighted by atomic mass is 16.5. The first-order valence-electron chi connectivity index (χ1n) is 6.38. The van der Waals surface area contributed by atoms with E-state index in [1.165, 1.54) is 12.7 Å². The highest BCUT2D eigenvalue weighted by Gasteiger charge is 2.14. The van der Waals surface area contributed by atoms with E-state index in [9.17, 15) is 4.79 Å². The molecule has 4 nitrogen and oxygen atoms in total. The molecular formula is C16H18N2O2. The van der Waals surface area contributed by atoms with Crippen LogP contribution in [-0.2, 0) is 4.74 Å². The van der Waals surface area contributed by atoms with Crippen molar-refractivity contribution in [2.75, 3.05) is 12.4 Å². The van der Waals surface area contributed by atoms with Crippen LogP contribution in [0.4, 0.5) is 10.5 Å². The van der Waals surface area contributed by atoms with Gasteiger partial charge in [0.25, 0.3) is 0 Å². The van der Waals surface area contributed by atoms with E-state index in [0.29, 0.717) is 5.69 Å². The number of hydrogen-bond acceptors (Lipinski definition) is 3. The van der Waals surface area contributed by atoms with Gasteiger partial charge in [-0.1, -0.05) is 48.0 Å². The lowest BCUT2D eigenvalue weighted by atomic mass is 9.97. The Morgan fingerprint density at radius 2 is 1.80 bits per heavy atom. The van der Waals surface area contributed by atoms with Gasteiger partial charge in [-0.15, -0.1) is 0 Å². The summed E-state index contributed by atoms with van der Waals surface area (Å²) in [5.41, 5.74) is 9.98. The molecule has 0 spiro atoms. The molecule has 0 bridgehead atoms. The van der Waals surface area contributed by atoms with Crippen LogP contribution in [0.25, 0.3) is 0 Å². The van der Waals surface area contributed by atoms with E-state index < -0.39 is 6.09 Å². The maximum absolute atomic E-state index is 11.4. The maximum atomic E-state index is 11.4. The molecule has 1 amide bonds. The zero-order chi connectivity index (χ0) is 14.5. The monoisotopic (exact) mass is 270 g/mol. The molecule has 0 aliphatic heterocycles. The molecule has 0 fully saturated rings. The maximum Gasteiger partial charge on any atom is 0.411 e. The summed E-state index contributed by atoms with van der Waals surface area (Å²) in [5.74, 6) is 0. The minimum Gasteiger partial charge on any atom is -0.453 e. The second-order valence-electron chi connectivity index (χ2n) is 4.59. The van der Waals surface area contributed by atoms with Crippen molar-refractivity contribution in [1.82, 2.24) is 0 Å². The minimum atomic E-state index is -0.506. The van der Waals surface area contributed by atoms with Crippen LogP contribution in [0.3, 0.4) is 0 Å². The van der Waals surface area contributed by atoms with Crippen LogP contribution in [0.5, 0.6) is 0 Å². The van der Waals surface area contributed by atoms with Gasteiger partial charge in [-0.25, -0.2) is 4.79 Å². The molecule has 0 radical (unpaired) electrons. The fourth-order valence-corrected chi connectivity index (χ4v) is 2.00. The number of hydrogen-bond donors (Lipinski definition) is 2. The number of para-hydroxylation sites is 1. The standard InChI is InChI=1S/C16H18N2O2/c1-11-7-9-12(10-8-11)15(17)13-5-3-4-6-14(13)18-16(19)20-2/h3-10,15H,17H2,1-2H3,(H,18,19). The van der Waals surface area contributed by atoms with Gasteiger partial charge in [0.2, 0.25) is 0 Å². The summed E-state index contributed by atoms with van der Waals surface area (Å²) in [7, 11) is 1.33. The van der Waals surface area contributed by atoms with E-state index >= 15 is 0 Å². The van der Waals surface area contributed by atoms with E-state index in [4.69, 9.17) is 5.73 Å². The van der Waals surface area contributed by atoms with Crippen molar-refractivity contribution < 1.29 is 9.53 Å². The number of aryl methyl sites for hydroxylation is 1. The second-order valence-corrected chi connectivity index (χ2v) is 4.59. The van der Waals surface area contributed by atoms with Crippen molar-refractivity contribution in [3.05, 3.63) is 65.2 Å². The predicted molar refractivity (Wildman–Crippen MR) is 79.7 cm³/mol. The number of nitrogens with two attached hydrogens (primary N) is 1. The van der Waals surface area contributed by atoms with Gasteiger partial charge in [-0.3, -0.25) is 5.32 Å². The number of benzene rings is 2. The van der Waals surface area contributed by atoms with Crippen molar-refractivity contribution >= 4 is 11.8 Å². The predicted octanol–water partition coefficient (Wildman–Crippen LogP) is 3.22. The third kappa shape index (κ3) is 3.16. The molecule has 0 aliphatic rings. The molecule has 0 saturated heterocycles. The van der Waals surface area contributed by atoms with E-state index in [2.05, 4.69) is 10.1 Å². The van der Waals surface area contributed by atoms with Gasteiger partial charge in [0.15, 0.2) is 0 Å². The third-order valence-electron chi connectivity index (χ3n) is 3.15. The Bertz CT molecular complexity index is 594. The molecule has 1 unspecified atom stereocenters. The Morgan fingerprint density at radius 3 is 2.45 bits per heavy atom. The zero-order valence-electron chi connectivity index (χ0n) is 11.6.